The fraction of sp³-hybridized carbons (Fsp3) is 0.269. The lowest BCUT2D eigenvalue weighted by atomic mass is 9.96. The highest BCUT2D eigenvalue weighted by Crippen LogP contribution is 2.29. The number of nitrogens with one attached hydrogen (secondary N) is 2. The molecule has 0 aliphatic rings. The predicted octanol–water partition coefficient (Wildman–Crippen LogP) is 6.01. The number of allylic oxidation sites excluding steroid dienone is 1. The molecule has 0 saturated carbocycles. The minimum atomic E-state index is -1.06. The van der Waals surface area contributed by atoms with Gasteiger partial charge in [0.1, 0.15) is 5.82 Å². The summed E-state index contributed by atoms with van der Waals surface area (Å²) in [6, 6.07) is 7.76. The molecule has 0 amide bonds. The standard InChI is InChI=1S/C26H27FN2O3/c1-14-8-11-22(27)25-24(14)21(17(4)29-25)6-5-7-23(30)15(2)12-19-13-18(26(31)32)9-10-20(19)16(3)28/h8-13,28-29H,5-7H2,1-4H3,(H,31,32). The van der Waals surface area contributed by atoms with Gasteiger partial charge in [0.05, 0.1) is 11.1 Å². The highest BCUT2D eigenvalue weighted by Gasteiger charge is 2.15. The van der Waals surface area contributed by atoms with Crippen LogP contribution in [0, 0.1) is 25.1 Å². The minimum Gasteiger partial charge on any atom is -0.478 e. The largest absolute Gasteiger partial charge is 0.478 e. The van der Waals surface area contributed by atoms with Gasteiger partial charge < -0.3 is 15.5 Å². The zero-order valence-corrected chi connectivity index (χ0v) is 18.7. The number of ketones is 1. The van der Waals surface area contributed by atoms with Gasteiger partial charge >= 0.3 is 5.97 Å². The number of benzene rings is 2. The number of carboxylic acids is 1. The van der Waals surface area contributed by atoms with E-state index in [-0.39, 0.29) is 17.2 Å². The molecular weight excluding hydrogens is 407 g/mol. The Bertz CT molecular complexity index is 1270. The number of carboxylic acid groups (broad SMARTS) is 1. The summed E-state index contributed by atoms with van der Waals surface area (Å²) >= 11 is 0. The quantitative estimate of drug-likeness (QED) is 0.299. The van der Waals surface area contributed by atoms with Crippen LogP contribution in [0.25, 0.3) is 17.0 Å². The zero-order chi connectivity index (χ0) is 23.6. The topological polar surface area (TPSA) is 94.0 Å². The van der Waals surface area contributed by atoms with E-state index in [1.165, 1.54) is 18.2 Å². The number of hydrogen-bond donors (Lipinski definition) is 3. The SMILES string of the molecule is CC(=N)c1ccc(C(=O)O)cc1C=C(C)C(=O)CCCc1c(C)[nH]c2c(F)ccc(C)c12. The van der Waals surface area contributed by atoms with E-state index < -0.39 is 5.97 Å². The highest BCUT2D eigenvalue weighted by atomic mass is 19.1. The van der Waals surface area contributed by atoms with Crippen molar-refractivity contribution in [3.8, 4) is 0 Å². The Morgan fingerprint density at radius 1 is 1.16 bits per heavy atom. The predicted molar refractivity (Wildman–Crippen MR) is 125 cm³/mol. The summed E-state index contributed by atoms with van der Waals surface area (Å²) in [4.78, 5) is 27.2. The van der Waals surface area contributed by atoms with Crippen molar-refractivity contribution >= 4 is 34.4 Å². The molecule has 0 bridgehead atoms. The molecule has 3 rings (SSSR count). The number of halogens is 1. The molecule has 1 aromatic heterocycles. The number of carbonyl (C=O) groups excluding carboxylic acids is 1. The number of aromatic nitrogens is 1. The Balaban J connectivity index is 1.77. The number of aromatic carboxylic acids is 1. The summed E-state index contributed by atoms with van der Waals surface area (Å²) in [6.45, 7) is 7.19. The van der Waals surface area contributed by atoms with Crippen molar-refractivity contribution in [2.45, 2.75) is 47.0 Å². The van der Waals surface area contributed by atoms with E-state index in [0.29, 0.717) is 47.2 Å². The fourth-order valence-electron chi connectivity index (χ4n) is 4.05. The highest BCUT2D eigenvalue weighted by molar-refractivity contribution is 6.04. The van der Waals surface area contributed by atoms with Crippen LogP contribution < -0.4 is 0 Å². The van der Waals surface area contributed by atoms with Crippen molar-refractivity contribution in [3.63, 3.8) is 0 Å². The monoisotopic (exact) mass is 434 g/mol. The molecule has 32 heavy (non-hydrogen) atoms. The average molecular weight is 435 g/mol. The van der Waals surface area contributed by atoms with Crippen molar-refractivity contribution in [1.29, 1.82) is 5.41 Å². The second-order valence-corrected chi connectivity index (χ2v) is 8.18. The van der Waals surface area contributed by atoms with Crippen LogP contribution in [0.15, 0.2) is 35.9 Å². The smallest absolute Gasteiger partial charge is 0.335 e. The van der Waals surface area contributed by atoms with Gasteiger partial charge in [-0.1, -0.05) is 12.1 Å². The van der Waals surface area contributed by atoms with Crippen molar-refractivity contribution in [2.24, 2.45) is 0 Å². The third kappa shape index (κ3) is 4.69. The third-order valence-electron chi connectivity index (χ3n) is 5.77. The summed E-state index contributed by atoms with van der Waals surface area (Å²) < 4.78 is 14.1. The molecule has 6 heteroatoms. The molecule has 0 spiro atoms. The lowest BCUT2D eigenvalue weighted by molar-refractivity contribution is -0.115. The van der Waals surface area contributed by atoms with Crippen molar-refractivity contribution in [3.05, 3.63) is 75.2 Å². The Morgan fingerprint density at radius 2 is 1.88 bits per heavy atom. The Hall–Kier alpha value is -3.54. The Labute approximate surface area is 186 Å². The zero-order valence-electron chi connectivity index (χ0n) is 18.7. The first-order chi connectivity index (χ1) is 15.1. The van der Waals surface area contributed by atoms with Gasteiger partial charge in [-0.25, -0.2) is 9.18 Å². The van der Waals surface area contributed by atoms with Gasteiger partial charge in [0, 0.05) is 28.8 Å². The number of fused-ring (bicyclic) bond motifs is 1. The van der Waals surface area contributed by atoms with E-state index in [1.54, 1.807) is 32.1 Å². The van der Waals surface area contributed by atoms with Crippen molar-refractivity contribution in [1.82, 2.24) is 4.98 Å². The fourth-order valence-corrected chi connectivity index (χ4v) is 4.05. The molecule has 5 nitrogen and oxygen atoms in total. The number of hydrogen-bond acceptors (Lipinski definition) is 3. The molecule has 0 unspecified atom stereocenters. The molecule has 0 atom stereocenters. The molecule has 0 saturated heterocycles. The molecule has 0 aliphatic heterocycles. The van der Waals surface area contributed by atoms with Crippen LogP contribution in [0.2, 0.25) is 0 Å². The Kier molecular flexibility index (Phi) is 6.72. The Morgan fingerprint density at radius 3 is 2.53 bits per heavy atom. The first-order valence-corrected chi connectivity index (χ1v) is 10.5. The number of Topliss-reactive ketones (excluding diaryl/α,β-unsaturated/α-hetero) is 1. The molecule has 0 fully saturated rings. The van der Waals surface area contributed by atoms with E-state index in [1.807, 2.05) is 13.8 Å². The van der Waals surface area contributed by atoms with E-state index in [2.05, 4.69) is 4.98 Å². The molecule has 0 radical (unpaired) electrons. The maximum absolute atomic E-state index is 14.1. The van der Waals surface area contributed by atoms with E-state index in [4.69, 9.17) is 5.41 Å². The molecule has 166 valence electrons. The maximum atomic E-state index is 14.1. The van der Waals surface area contributed by atoms with Crippen LogP contribution in [0.3, 0.4) is 0 Å². The molecular formula is C26H27FN2O3. The summed E-state index contributed by atoms with van der Waals surface area (Å²) in [5.74, 6) is -1.38. The molecule has 2 aromatic carbocycles. The number of carbonyl (C=O) groups is 2. The molecule has 3 N–H and O–H groups in total. The van der Waals surface area contributed by atoms with Gasteiger partial charge in [-0.15, -0.1) is 0 Å². The number of aromatic amines is 1. The lowest BCUT2D eigenvalue weighted by Gasteiger charge is -2.08. The second-order valence-electron chi connectivity index (χ2n) is 8.18. The van der Waals surface area contributed by atoms with Gasteiger partial charge in [0.15, 0.2) is 5.78 Å². The second kappa shape index (κ2) is 9.30. The van der Waals surface area contributed by atoms with Gasteiger partial charge in [-0.3, -0.25) is 4.79 Å². The summed E-state index contributed by atoms with van der Waals surface area (Å²) in [5.41, 5.74) is 5.49. The summed E-state index contributed by atoms with van der Waals surface area (Å²) in [5, 5.41) is 18.1. The number of rotatable bonds is 8. The van der Waals surface area contributed by atoms with E-state index >= 15 is 0 Å². The molecule has 3 aromatic rings. The van der Waals surface area contributed by atoms with Gasteiger partial charge in [0.25, 0.3) is 0 Å². The van der Waals surface area contributed by atoms with Crippen molar-refractivity contribution in [2.75, 3.05) is 0 Å². The maximum Gasteiger partial charge on any atom is 0.335 e. The molecule has 1 heterocycles. The van der Waals surface area contributed by atoms with Crippen LogP contribution >= 0.6 is 0 Å². The van der Waals surface area contributed by atoms with E-state index in [0.717, 1.165) is 22.2 Å². The van der Waals surface area contributed by atoms with Gasteiger partial charge in [-0.2, -0.15) is 0 Å². The van der Waals surface area contributed by atoms with Crippen LogP contribution in [-0.4, -0.2) is 27.6 Å². The lowest BCUT2D eigenvalue weighted by Crippen LogP contribution is -2.04. The average Bonchev–Trinajstić information content (AvgIpc) is 3.07. The van der Waals surface area contributed by atoms with Crippen LogP contribution in [0.5, 0.6) is 0 Å². The number of H-pyrrole nitrogens is 1. The normalized spacial score (nSPS) is 11.7. The number of aryl methyl sites for hydroxylation is 3. The van der Waals surface area contributed by atoms with Gasteiger partial charge in [0.2, 0.25) is 0 Å². The molecule has 0 aliphatic carbocycles. The first-order valence-electron chi connectivity index (χ1n) is 10.5. The van der Waals surface area contributed by atoms with Gasteiger partial charge in [-0.05, 0) is 87.1 Å². The van der Waals surface area contributed by atoms with E-state index in [9.17, 15) is 19.1 Å². The van der Waals surface area contributed by atoms with Crippen LogP contribution in [0.4, 0.5) is 4.39 Å². The van der Waals surface area contributed by atoms with Crippen LogP contribution in [0.1, 0.15) is 65.0 Å². The van der Waals surface area contributed by atoms with Crippen LogP contribution in [-0.2, 0) is 11.2 Å². The summed E-state index contributed by atoms with van der Waals surface area (Å²) in [7, 11) is 0. The van der Waals surface area contributed by atoms with Crippen molar-refractivity contribution < 1.29 is 19.1 Å². The summed E-state index contributed by atoms with van der Waals surface area (Å²) in [6.07, 6.45) is 3.23. The minimum absolute atomic E-state index is 0.0419. The third-order valence-corrected chi connectivity index (χ3v) is 5.77. The first kappa shape index (κ1) is 23.1.